The van der Waals surface area contributed by atoms with E-state index in [1.54, 1.807) is 0 Å². The molecule has 1 aliphatic rings. The Hall–Kier alpha value is -2.17. The maximum Gasteiger partial charge on any atom is 0.434 e. The lowest BCUT2D eigenvalue weighted by Crippen LogP contribution is -2.26. The van der Waals surface area contributed by atoms with E-state index in [0.717, 1.165) is 0 Å². The van der Waals surface area contributed by atoms with Crippen LogP contribution in [0.5, 0.6) is 0 Å². The molecule has 0 radical (unpaired) electrons. The Morgan fingerprint density at radius 3 is 1.83 bits per heavy atom. The lowest BCUT2D eigenvalue weighted by molar-refractivity contribution is -0.142. The quantitative estimate of drug-likeness (QED) is 0.540. The van der Waals surface area contributed by atoms with Gasteiger partial charge in [-0.3, -0.25) is 0 Å². The van der Waals surface area contributed by atoms with E-state index >= 15 is 0 Å². The van der Waals surface area contributed by atoms with E-state index in [4.69, 9.17) is 10.2 Å². The summed E-state index contributed by atoms with van der Waals surface area (Å²) in [5.41, 5.74) is -8.07. The predicted octanol–water partition coefficient (Wildman–Crippen LogP) is 3.36. The molecule has 0 spiro atoms. The Morgan fingerprint density at radius 2 is 1.50 bits per heavy atom. The Bertz CT molecular complexity index is 663. The van der Waals surface area contributed by atoms with Gasteiger partial charge in [0.15, 0.2) is 5.69 Å². The number of nitrogens with zero attached hydrogens (tertiary/aromatic N) is 1. The van der Waals surface area contributed by atoms with Crippen LogP contribution in [0.2, 0.25) is 0 Å². The van der Waals surface area contributed by atoms with Gasteiger partial charge in [-0.2, -0.15) is 22.0 Å². The van der Waals surface area contributed by atoms with Gasteiger partial charge in [-0.1, -0.05) is 0 Å². The van der Waals surface area contributed by atoms with Crippen molar-refractivity contribution in [3.63, 3.8) is 0 Å². The van der Waals surface area contributed by atoms with Crippen LogP contribution in [0.4, 0.5) is 27.6 Å². The maximum atomic E-state index is 13.4. The summed E-state index contributed by atoms with van der Waals surface area (Å²) in [7, 11) is 0. The number of nitrogens with one attached hydrogen (secondary N) is 1. The summed E-state index contributed by atoms with van der Waals surface area (Å²) >= 11 is 4.68. The Balaban J connectivity index is 2.93. The van der Waals surface area contributed by atoms with E-state index in [-0.39, 0.29) is 0 Å². The Kier molecular flexibility index (Phi) is 4.33. The third-order valence-corrected chi connectivity index (χ3v) is 3.27. The van der Waals surface area contributed by atoms with Crippen molar-refractivity contribution in [2.75, 3.05) is 5.32 Å². The number of aromatic nitrogens is 1. The zero-order valence-corrected chi connectivity index (χ0v) is 12.2. The first-order valence-electron chi connectivity index (χ1n) is 6.29. The fourth-order valence-corrected chi connectivity index (χ4v) is 2.12. The van der Waals surface area contributed by atoms with Gasteiger partial charge in [-0.15, -0.1) is 0 Å². The molecule has 0 unspecified atom stereocenters. The maximum absolute atomic E-state index is 13.4. The molecule has 1 saturated carbocycles. The number of carbonyl (C=O) groups is 2. The molecule has 2 rings (SSSR count). The molecule has 0 aromatic carbocycles. The summed E-state index contributed by atoms with van der Waals surface area (Å²) in [6, 6.07) is -0.526. The van der Waals surface area contributed by atoms with E-state index in [9.17, 15) is 31.5 Å². The van der Waals surface area contributed by atoms with Gasteiger partial charge in [0.2, 0.25) is 0 Å². The topological polar surface area (TPSA) is 99.5 Å². The van der Waals surface area contributed by atoms with Gasteiger partial charge in [0.25, 0.3) is 0 Å². The number of carboxylic acid groups (broad SMARTS) is 2. The molecule has 0 bridgehead atoms. The van der Waals surface area contributed by atoms with Crippen molar-refractivity contribution >= 4 is 29.2 Å². The third-order valence-electron chi connectivity index (χ3n) is 3.09. The van der Waals surface area contributed by atoms with Crippen LogP contribution in [0.25, 0.3) is 0 Å². The van der Waals surface area contributed by atoms with Crippen molar-refractivity contribution in [2.45, 2.75) is 30.4 Å². The highest BCUT2D eigenvalue weighted by molar-refractivity contribution is 6.22. The SMILES string of the molecule is O=C(O)c1c(C(F)(F)F)nc(C(F)(F)Cl)c(C(=O)O)c1NC1CC1. The predicted molar refractivity (Wildman–Crippen MR) is 69.5 cm³/mol. The van der Waals surface area contributed by atoms with Crippen LogP contribution >= 0.6 is 11.6 Å². The molecule has 1 aromatic heterocycles. The lowest BCUT2D eigenvalue weighted by Gasteiger charge is -2.21. The molecule has 0 aliphatic heterocycles. The summed E-state index contributed by atoms with van der Waals surface area (Å²) in [6.45, 7) is 0. The summed E-state index contributed by atoms with van der Waals surface area (Å²) in [6.07, 6.45) is -4.59. The van der Waals surface area contributed by atoms with Gasteiger partial charge >= 0.3 is 23.5 Å². The van der Waals surface area contributed by atoms with Gasteiger partial charge in [-0.25, -0.2) is 14.6 Å². The first-order chi connectivity index (χ1) is 10.8. The van der Waals surface area contributed by atoms with Crippen molar-refractivity contribution in [1.82, 2.24) is 4.98 Å². The van der Waals surface area contributed by atoms with Crippen LogP contribution < -0.4 is 5.32 Å². The zero-order valence-electron chi connectivity index (χ0n) is 11.4. The zero-order chi connectivity index (χ0) is 18.4. The number of hydrogen-bond acceptors (Lipinski definition) is 4. The second-order valence-electron chi connectivity index (χ2n) is 4.96. The van der Waals surface area contributed by atoms with Crippen LogP contribution in [0.1, 0.15) is 44.9 Å². The van der Waals surface area contributed by atoms with Gasteiger partial charge in [0.05, 0.1) is 5.69 Å². The number of halogens is 6. The molecule has 0 saturated heterocycles. The van der Waals surface area contributed by atoms with E-state index in [2.05, 4.69) is 21.9 Å². The average molecular weight is 375 g/mol. The highest BCUT2D eigenvalue weighted by atomic mass is 35.5. The molecular formula is C12H8ClF5N2O4. The molecule has 1 aliphatic carbocycles. The summed E-state index contributed by atoms with van der Waals surface area (Å²) < 4.78 is 66.0. The van der Waals surface area contributed by atoms with Crippen LogP contribution in [0.3, 0.4) is 0 Å². The van der Waals surface area contributed by atoms with Gasteiger partial charge < -0.3 is 15.5 Å². The van der Waals surface area contributed by atoms with E-state index in [0.29, 0.717) is 12.8 Å². The van der Waals surface area contributed by atoms with Crippen molar-refractivity contribution in [3.8, 4) is 0 Å². The highest BCUT2D eigenvalue weighted by Gasteiger charge is 2.46. The second-order valence-corrected chi connectivity index (χ2v) is 5.43. The van der Waals surface area contributed by atoms with Gasteiger partial charge in [-0.05, 0) is 24.4 Å². The standard InChI is InChI=1S/C12H8ClF5N2O4/c13-11(14,15)7-4(9(21)22)6(19-3-1-2-3)5(10(23)24)8(20-7)12(16,17)18/h3H,1-2H2,(H,19,20)(H,21,22)(H,23,24). The molecule has 3 N–H and O–H groups in total. The molecule has 132 valence electrons. The monoisotopic (exact) mass is 374 g/mol. The minimum absolute atomic E-state index is 0.411. The number of anilines is 1. The van der Waals surface area contributed by atoms with Crippen LogP contribution in [0, 0.1) is 0 Å². The molecule has 0 atom stereocenters. The minimum Gasteiger partial charge on any atom is -0.478 e. The van der Waals surface area contributed by atoms with Gasteiger partial charge in [0.1, 0.15) is 16.8 Å². The summed E-state index contributed by atoms with van der Waals surface area (Å²) in [5, 5.41) is 15.8. The van der Waals surface area contributed by atoms with Crippen LogP contribution in [-0.2, 0) is 11.6 Å². The van der Waals surface area contributed by atoms with Crippen LogP contribution in [-0.4, -0.2) is 33.2 Å². The molecule has 1 heterocycles. The average Bonchev–Trinajstić information content (AvgIpc) is 3.18. The van der Waals surface area contributed by atoms with Crippen molar-refractivity contribution in [3.05, 3.63) is 22.5 Å². The Morgan fingerprint density at radius 1 is 1.04 bits per heavy atom. The number of aromatic carboxylic acids is 2. The fourth-order valence-electron chi connectivity index (χ4n) is 1.99. The lowest BCUT2D eigenvalue weighted by atomic mass is 10.0. The summed E-state index contributed by atoms with van der Waals surface area (Å²) in [5.74, 6) is -4.25. The third kappa shape index (κ3) is 3.50. The number of hydrogen-bond donors (Lipinski definition) is 3. The largest absolute Gasteiger partial charge is 0.478 e. The van der Waals surface area contributed by atoms with Gasteiger partial charge in [0, 0.05) is 6.04 Å². The number of carboxylic acids is 2. The first-order valence-corrected chi connectivity index (χ1v) is 6.67. The molecule has 6 nitrogen and oxygen atoms in total. The summed E-state index contributed by atoms with van der Waals surface area (Å²) in [4.78, 5) is 25.1. The molecule has 1 aromatic rings. The highest BCUT2D eigenvalue weighted by Crippen LogP contribution is 2.43. The smallest absolute Gasteiger partial charge is 0.434 e. The van der Waals surface area contributed by atoms with Crippen molar-refractivity contribution < 1.29 is 41.8 Å². The van der Waals surface area contributed by atoms with E-state index < -0.39 is 57.7 Å². The van der Waals surface area contributed by atoms with E-state index in [1.807, 2.05) is 0 Å². The normalized spacial score (nSPS) is 15.2. The first kappa shape index (κ1) is 18.2. The molecule has 24 heavy (non-hydrogen) atoms. The van der Waals surface area contributed by atoms with Crippen molar-refractivity contribution in [1.29, 1.82) is 0 Å². The molecule has 12 heteroatoms. The Labute approximate surface area is 135 Å². The number of pyridine rings is 1. The minimum atomic E-state index is -5.42. The van der Waals surface area contributed by atoms with E-state index in [1.165, 1.54) is 0 Å². The molecule has 0 amide bonds. The van der Waals surface area contributed by atoms with Crippen LogP contribution in [0.15, 0.2) is 0 Å². The number of alkyl halides is 6. The molecular weight excluding hydrogens is 367 g/mol. The van der Waals surface area contributed by atoms with Crippen molar-refractivity contribution in [2.24, 2.45) is 0 Å². The second kappa shape index (κ2) is 5.72. The fraction of sp³-hybridized carbons (Fsp3) is 0.417. The molecule has 1 fully saturated rings. The number of rotatable bonds is 5.